The summed E-state index contributed by atoms with van der Waals surface area (Å²) in [6, 6.07) is 0. The number of rotatable bonds is 0. The van der Waals surface area contributed by atoms with Crippen LogP contribution in [-0.2, 0) is 6.18 Å². The molecule has 0 aromatic carbocycles. The lowest BCUT2D eigenvalue weighted by Crippen LogP contribution is -2.09. The van der Waals surface area contributed by atoms with Gasteiger partial charge < -0.3 is 0 Å². The summed E-state index contributed by atoms with van der Waals surface area (Å²) < 4.78 is 48.6. The van der Waals surface area contributed by atoms with Crippen LogP contribution in [0.25, 0.3) is 0 Å². The molecule has 0 atom stereocenters. The van der Waals surface area contributed by atoms with Gasteiger partial charge in [-0.15, -0.1) is 0 Å². The lowest BCUT2D eigenvalue weighted by molar-refractivity contribution is -0.138. The van der Waals surface area contributed by atoms with Gasteiger partial charge in [0.2, 0.25) is 0 Å². The van der Waals surface area contributed by atoms with Gasteiger partial charge in [-0.2, -0.15) is 13.2 Å². The zero-order valence-electron chi connectivity index (χ0n) is 8.11. The van der Waals surface area contributed by atoms with E-state index in [0.717, 1.165) is 13.1 Å². The van der Waals surface area contributed by atoms with Crippen molar-refractivity contribution >= 4 is 0 Å². The first kappa shape index (κ1) is 12.9. The van der Waals surface area contributed by atoms with Crippen molar-refractivity contribution in [1.82, 2.24) is 4.98 Å². The summed E-state index contributed by atoms with van der Waals surface area (Å²) in [4.78, 5) is 3.12. The Bertz CT molecular complexity index is 293. The lowest BCUT2D eigenvalue weighted by atomic mass is 10.1. The average molecular weight is 209 g/mol. The van der Waals surface area contributed by atoms with E-state index in [4.69, 9.17) is 0 Å². The van der Waals surface area contributed by atoms with Gasteiger partial charge in [-0.25, -0.2) is 4.39 Å². The molecule has 5 heteroatoms. The molecule has 1 nitrogen and oxygen atoms in total. The number of alkyl halides is 3. The van der Waals surface area contributed by atoms with Crippen LogP contribution in [0, 0.1) is 12.7 Å². The van der Waals surface area contributed by atoms with E-state index in [1.54, 1.807) is 0 Å². The molecule has 0 bridgehead atoms. The van der Waals surface area contributed by atoms with Crippen LogP contribution >= 0.6 is 0 Å². The smallest absolute Gasteiger partial charge is 0.261 e. The van der Waals surface area contributed by atoms with Crippen LogP contribution in [0.3, 0.4) is 0 Å². The largest absolute Gasteiger partial charge is 0.418 e. The zero-order chi connectivity index (χ0) is 11.4. The maximum atomic E-state index is 12.5. The highest BCUT2D eigenvalue weighted by atomic mass is 19.4. The van der Waals surface area contributed by atoms with Gasteiger partial charge in [0.15, 0.2) is 0 Å². The van der Waals surface area contributed by atoms with Crippen LogP contribution in [0.15, 0.2) is 12.4 Å². The molecule has 1 heterocycles. The Labute approximate surface area is 79.8 Å². The highest BCUT2D eigenvalue weighted by Crippen LogP contribution is 2.31. The normalized spacial score (nSPS) is 10.5. The fourth-order valence-corrected chi connectivity index (χ4v) is 0.785. The summed E-state index contributed by atoms with van der Waals surface area (Å²) in [6.45, 7) is 5.07. The third-order valence-corrected chi connectivity index (χ3v) is 1.46. The first-order valence-electron chi connectivity index (χ1n) is 4.10. The SMILES string of the molecule is CC.Cc1c(F)cncc1C(F)(F)F. The van der Waals surface area contributed by atoms with Gasteiger partial charge >= 0.3 is 6.18 Å². The predicted molar refractivity (Wildman–Crippen MR) is 45.3 cm³/mol. The first-order chi connectivity index (χ1) is 6.43. The number of hydrogen-bond donors (Lipinski definition) is 0. The van der Waals surface area contributed by atoms with Crippen molar-refractivity contribution in [1.29, 1.82) is 0 Å². The van der Waals surface area contributed by atoms with Crippen LogP contribution in [0.2, 0.25) is 0 Å². The van der Waals surface area contributed by atoms with E-state index in [1.165, 1.54) is 0 Å². The third-order valence-electron chi connectivity index (χ3n) is 1.46. The second kappa shape index (κ2) is 4.93. The Balaban J connectivity index is 0.000000791. The maximum Gasteiger partial charge on any atom is 0.418 e. The molecule has 1 aromatic rings. The van der Waals surface area contributed by atoms with Crippen molar-refractivity contribution in [2.45, 2.75) is 26.9 Å². The molecule has 0 saturated carbocycles. The van der Waals surface area contributed by atoms with Crippen molar-refractivity contribution in [3.63, 3.8) is 0 Å². The Morgan fingerprint density at radius 1 is 1.14 bits per heavy atom. The molecule has 1 rings (SSSR count). The maximum absolute atomic E-state index is 12.5. The van der Waals surface area contributed by atoms with E-state index in [9.17, 15) is 17.6 Å². The van der Waals surface area contributed by atoms with Crippen LogP contribution in [-0.4, -0.2) is 4.98 Å². The highest BCUT2D eigenvalue weighted by Gasteiger charge is 2.33. The van der Waals surface area contributed by atoms with Gasteiger partial charge in [0.1, 0.15) is 5.82 Å². The summed E-state index contributed by atoms with van der Waals surface area (Å²) in [5.74, 6) is -0.940. The fraction of sp³-hybridized carbons (Fsp3) is 0.444. The predicted octanol–water partition coefficient (Wildman–Crippen LogP) is 3.57. The summed E-state index contributed by atoms with van der Waals surface area (Å²) in [5.41, 5.74) is -1.44. The fourth-order valence-electron chi connectivity index (χ4n) is 0.785. The number of hydrogen-bond acceptors (Lipinski definition) is 1. The van der Waals surface area contributed by atoms with Gasteiger partial charge in [-0.1, -0.05) is 13.8 Å². The minimum absolute atomic E-state index is 0.419. The summed E-state index contributed by atoms with van der Waals surface area (Å²) in [6.07, 6.45) is -3.16. The summed E-state index contributed by atoms with van der Waals surface area (Å²) in [7, 11) is 0. The van der Waals surface area contributed by atoms with Gasteiger partial charge in [-0.3, -0.25) is 4.98 Å². The molecular weight excluding hydrogens is 198 g/mol. The van der Waals surface area contributed by atoms with Crippen molar-refractivity contribution in [3.8, 4) is 0 Å². The van der Waals surface area contributed by atoms with Crippen molar-refractivity contribution in [2.75, 3.05) is 0 Å². The van der Waals surface area contributed by atoms with Crippen molar-refractivity contribution in [3.05, 3.63) is 29.3 Å². The van der Waals surface area contributed by atoms with E-state index >= 15 is 0 Å². The second-order valence-electron chi connectivity index (χ2n) is 2.29. The molecule has 0 radical (unpaired) electrons. The van der Waals surface area contributed by atoms with Crippen LogP contribution in [0.5, 0.6) is 0 Å². The van der Waals surface area contributed by atoms with E-state index in [-0.39, 0.29) is 0 Å². The Kier molecular flexibility index (Phi) is 4.53. The quantitative estimate of drug-likeness (QED) is 0.595. The van der Waals surface area contributed by atoms with Crippen LogP contribution < -0.4 is 0 Å². The highest BCUT2D eigenvalue weighted by molar-refractivity contribution is 5.25. The van der Waals surface area contributed by atoms with Crippen molar-refractivity contribution < 1.29 is 17.6 Å². The van der Waals surface area contributed by atoms with E-state index in [0.29, 0.717) is 6.20 Å². The van der Waals surface area contributed by atoms with Crippen molar-refractivity contribution in [2.24, 2.45) is 0 Å². The molecular formula is C9H11F4N. The van der Waals surface area contributed by atoms with Gasteiger partial charge in [0.05, 0.1) is 11.8 Å². The second-order valence-corrected chi connectivity index (χ2v) is 2.29. The minimum Gasteiger partial charge on any atom is -0.261 e. The lowest BCUT2D eigenvalue weighted by Gasteiger charge is -2.08. The molecule has 14 heavy (non-hydrogen) atoms. The number of aromatic nitrogens is 1. The monoisotopic (exact) mass is 209 g/mol. The van der Waals surface area contributed by atoms with Crippen LogP contribution in [0.4, 0.5) is 17.6 Å². The van der Waals surface area contributed by atoms with Gasteiger partial charge in [0.25, 0.3) is 0 Å². The number of nitrogens with zero attached hydrogens (tertiary/aromatic N) is 1. The zero-order valence-corrected chi connectivity index (χ0v) is 8.11. The van der Waals surface area contributed by atoms with E-state index < -0.39 is 23.1 Å². The molecule has 0 fully saturated rings. The average Bonchev–Trinajstić information content (AvgIpc) is 2.11. The Morgan fingerprint density at radius 3 is 2.00 bits per heavy atom. The molecule has 0 spiro atoms. The Hall–Kier alpha value is -1.13. The van der Waals surface area contributed by atoms with Gasteiger partial charge in [0, 0.05) is 11.8 Å². The Morgan fingerprint density at radius 2 is 1.64 bits per heavy atom. The third kappa shape index (κ3) is 2.97. The minimum atomic E-state index is -4.53. The molecule has 0 amide bonds. The molecule has 0 aliphatic rings. The topological polar surface area (TPSA) is 12.9 Å². The first-order valence-corrected chi connectivity index (χ1v) is 4.10. The molecule has 0 unspecified atom stereocenters. The molecule has 0 saturated heterocycles. The molecule has 80 valence electrons. The molecule has 1 aromatic heterocycles. The van der Waals surface area contributed by atoms with Crippen LogP contribution in [0.1, 0.15) is 25.0 Å². The number of pyridine rings is 1. The van der Waals surface area contributed by atoms with E-state index in [2.05, 4.69) is 4.98 Å². The summed E-state index contributed by atoms with van der Waals surface area (Å²) >= 11 is 0. The standard InChI is InChI=1S/C7H5F4N.C2H6/c1-4-5(7(9,10)11)2-12-3-6(4)8;1-2/h2-3H,1H3;1-2H3. The van der Waals surface area contributed by atoms with E-state index in [1.807, 2.05) is 13.8 Å². The molecule has 0 aliphatic heterocycles. The number of halogens is 4. The van der Waals surface area contributed by atoms with Gasteiger partial charge in [-0.05, 0) is 6.92 Å². The summed E-state index contributed by atoms with van der Waals surface area (Å²) in [5, 5.41) is 0. The molecule has 0 N–H and O–H groups in total. The molecule has 0 aliphatic carbocycles.